The van der Waals surface area contributed by atoms with Gasteiger partial charge in [0.05, 0.1) is 34.4 Å². The lowest BCUT2D eigenvalue weighted by atomic mass is 10.1. The molecule has 0 aromatic rings. The number of esters is 2. The topological polar surface area (TPSA) is 99.1 Å². The minimum atomic E-state index is -0.888. The number of aliphatic carboxylic acids is 1. The Balaban J connectivity index is 4.42. The van der Waals surface area contributed by atoms with E-state index in [1.807, 2.05) is 21.1 Å². The Morgan fingerprint density at radius 3 is 1.49 bits per heavy atom. The number of hydrogen-bond donors (Lipinski definition) is 1. The number of carbonyl (C=O) groups excluding carboxylic acids is 2. The van der Waals surface area contributed by atoms with E-state index in [1.165, 1.54) is 25.7 Å². The largest absolute Gasteiger partial charge is 0.477 e. The highest BCUT2D eigenvalue weighted by Crippen LogP contribution is 2.12. The van der Waals surface area contributed by atoms with Crippen LogP contribution < -0.4 is 0 Å². The molecule has 2 unspecified atom stereocenters. The SMILES string of the molecule is CC/C=C/C/C=C/CCCCCCCC(=O)OC(COCCC(C(=O)O)[N+](C)(C)C)COC(=O)CCCC/C=C/C/C=C/C/C=C/C/C=C/C/C=C/CCCCC. The lowest BCUT2D eigenvalue weighted by Crippen LogP contribution is -2.50. The summed E-state index contributed by atoms with van der Waals surface area (Å²) in [5.41, 5.74) is 0. The summed E-state index contributed by atoms with van der Waals surface area (Å²) in [5.74, 6) is -1.55. The Kier molecular flexibility index (Phi) is 36.9. The second kappa shape index (κ2) is 39.3. The van der Waals surface area contributed by atoms with Crippen LogP contribution in [0.3, 0.4) is 0 Å². The Labute approximate surface area is 348 Å². The van der Waals surface area contributed by atoms with Gasteiger partial charge in [0.25, 0.3) is 0 Å². The maximum Gasteiger partial charge on any atom is 0.362 e. The molecular weight excluding hydrogens is 715 g/mol. The number of carboxylic acid groups (broad SMARTS) is 1. The van der Waals surface area contributed by atoms with E-state index in [0.29, 0.717) is 25.7 Å². The molecule has 8 nitrogen and oxygen atoms in total. The zero-order valence-electron chi connectivity index (χ0n) is 36.8. The number of unbranched alkanes of at least 4 members (excludes halogenated alkanes) is 10. The number of nitrogens with zero attached hydrogens (tertiary/aromatic N) is 1. The lowest BCUT2D eigenvalue weighted by molar-refractivity contribution is -0.887. The third-order valence-electron chi connectivity index (χ3n) is 9.28. The summed E-state index contributed by atoms with van der Waals surface area (Å²) in [6.45, 7) is 4.51. The summed E-state index contributed by atoms with van der Waals surface area (Å²) in [6, 6.07) is -0.628. The molecular formula is C49H82NO7+. The van der Waals surface area contributed by atoms with Gasteiger partial charge in [0.1, 0.15) is 6.61 Å². The quantitative estimate of drug-likeness (QED) is 0.0287. The van der Waals surface area contributed by atoms with Gasteiger partial charge < -0.3 is 23.8 Å². The number of likely N-dealkylation sites (N-methyl/N-ethyl adjacent to an activating group) is 1. The van der Waals surface area contributed by atoms with E-state index in [2.05, 4.69) is 98.9 Å². The van der Waals surface area contributed by atoms with E-state index < -0.39 is 18.1 Å². The second-order valence-corrected chi connectivity index (χ2v) is 15.6. The molecule has 0 fully saturated rings. The van der Waals surface area contributed by atoms with Crippen LogP contribution in [0.15, 0.2) is 85.1 Å². The van der Waals surface area contributed by atoms with Crippen molar-refractivity contribution in [2.45, 2.75) is 167 Å². The first-order chi connectivity index (χ1) is 27.6. The minimum absolute atomic E-state index is 0.0362. The predicted molar refractivity (Wildman–Crippen MR) is 238 cm³/mol. The van der Waals surface area contributed by atoms with E-state index in [4.69, 9.17) is 14.2 Å². The normalized spacial score (nSPS) is 13.8. The fraction of sp³-hybridized carbons (Fsp3) is 0.653. The molecule has 0 rings (SSSR count). The van der Waals surface area contributed by atoms with Crippen LogP contribution in [0.25, 0.3) is 0 Å². The third-order valence-corrected chi connectivity index (χ3v) is 9.28. The van der Waals surface area contributed by atoms with Crippen LogP contribution >= 0.6 is 0 Å². The summed E-state index contributed by atoms with van der Waals surface area (Å²) in [5, 5.41) is 9.61. The average molecular weight is 797 g/mol. The smallest absolute Gasteiger partial charge is 0.362 e. The van der Waals surface area contributed by atoms with Crippen molar-refractivity contribution in [1.29, 1.82) is 0 Å². The van der Waals surface area contributed by atoms with Crippen molar-refractivity contribution in [1.82, 2.24) is 0 Å². The van der Waals surface area contributed by atoms with Gasteiger partial charge in [0.2, 0.25) is 0 Å². The van der Waals surface area contributed by atoms with Crippen molar-refractivity contribution in [3.8, 4) is 0 Å². The molecule has 2 atom stereocenters. The van der Waals surface area contributed by atoms with Gasteiger partial charge in [-0.2, -0.15) is 0 Å². The molecule has 0 saturated carbocycles. The zero-order valence-corrected chi connectivity index (χ0v) is 36.8. The van der Waals surface area contributed by atoms with Gasteiger partial charge in [-0.1, -0.05) is 131 Å². The van der Waals surface area contributed by atoms with Crippen LogP contribution in [0.2, 0.25) is 0 Å². The van der Waals surface area contributed by atoms with E-state index in [0.717, 1.165) is 89.9 Å². The molecule has 324 valence electrons. The van der Waals surface area contributed by atoms with Crippen LogP contribution in [-0.2, 0) is 28.6 Å². The maximum atomic E-state index is 12.7. The molecule has 0 aromatic heterocycles. The Morgan fingerprint density at radius 1 is 0.544 bits per heavy atom. The van der Waals surface area contributed by atoms with E-state index in [9.17, 15) is 19.5 Å². The van der Waals surface area contributed by atoms with E-state index in [-0.39, 0.29) is 36.2 Å². The standard InChI is InChI=1S/C49H81NO7/c1-6-8-10-12-14-16-18-20-21-22-23-24-25-26-27-28-30-31-33-35-37-39-47(51)56-44-45(43-55-42-41-46(49(53)54)50(3,4)5)57-48(52)40-38-36-34-32-29-19-17-15-13-11-9-7-2/h9,11,14-17,20-21,23-24,26-27,30-31,45-46H,6-8,10,12-13,18-19,22,25,28-29,32-44H2,1-5H3/p+1/b11-9+,16-14+,17-15+,21-20+,24-23+,27-26+,31-30+. The first-order valence-electron chi connectivity index (χ1n) is 22.1. The minimum Gasteiger partial charge on any atom is -0.477 e. The molecule has 57 heavy (non-hydrogen) atoms. The average Bonchev–Trinajstić information content (AvgIpc) is 3.17. The molecule has 0 saturated heterocycles. The highest BCUT2D eigenvalue weighted by molar-refractivity contribution is 5.72. The number of ether oxygens (including phenoxy) is 3. The molecule has 0 aliphatic rings. The third kappa shape index (κ3) is 37.8. The van der Waals surface area contributed by atoms with Gasteiger partial charge in [0, 0.05) is 19.3 Å². The monoisotopic (exact) mass is 797 g/mol. The van der Waals surface area contributed by atoms with Crippen LogP contribution in [-0.4, -0.2) is 80.6 Å². The second-order valence-electron chi connectivity index (χ2n) is 15.6. The van der Waals surface area contributed by atoms with Gasteiger partial charge in [-0.15, -0.1) is 0 Å². The van der Waals surface area contributed by atoms with Crippen LogP contribution in [0.5, 0.6) is 0 Å². The van der Waals surface area contributed by atoms with Gasteiger partial charge in [-0.25, -0.2) is 4.79 Å². The fourth-order valence-electron chi connectivity index (χ4n) is 5.85. The molecule has 0 aromatic carbocycles. The molecule has 1 N–H and O–H groups in total. The highest BCUT2D eigenvalue weighted by Gasteiger charge is 2.31. The summed E-state index contributed by atoms with van der Waals surface area (Å²) in [4.78, 5) is 36.9. The van der Waals surface area contributed by atoms with Crippen molar-refractivity contribution in [2.24, 2.45) is 0 Å². The molecule has 0 bridgehead atoms. The summed E-state index contributed by atoms with van der Waals surface area (Å²) in [6.07, 6.45) is 50.6. The van der Waals surface area contributed by atoms with Crippen LogP contribution in [0.4, 0.5) is 0 Å². The Bertz CT molecular complexity index is 1200. The number of carbonyl (C=O) groups is 3. The number of quaternary nitrogens is 1. The van der Waals surface area contributed by atoms with Crippen molar-refractivity contribution >= 4 is 17.9 Å². The van der Waals surface area contributed by atoms with Crippen LogP contribution in [0, 0.1) is 0 Å². The summed E-state index contributed by atoms with van der Waals surface area (Å²) in [7, 11) is 5.49. The molecule has 0 radical (unpaired) electrons. The van der Waals surface area contributed by atoms with Crippen LogP contribution in [0.1, 0.15) is 155 Å². The van der Waals surface area contributed by atoms with Crippen molar-refractivity contribution in [2.75, 3.05) is 41.0 Å². The first kappa shape index (κ1) is 53.5. The molecule has 0 aliphatic carbocycles. The molecule has 0 spiro atoms. The van der Waals surface area contributed by atoms with E-state index >= 15 is 0 Å². The van der Waals surface area contributed by atoms with Gasteiger partial charge in [-0.3, -0.25) is 9.59 Å². The van der Waals surface area contributed by atoms with Crippen molar-refractivity contribution in [3.05, 3.63) is 85.1 Å². The molecule has 0 amide bonds. The zero-order chi connectivity index (χ0) is 42.1. The van der Waals surface area contributed by atoms with Gasteiger partial charge >= 0.3 is 17.9 Å². The van der Waals surface area contributed by atoms with Crippen molar-refractivity contribution in [3.63, 3.8) is 0 Å². The lowest BCUT2D eigenvalue weighted by Gasteiger charge is -2.31. The molecule has 8 heteroatoms. The number of carboxylic acids is 1. The number of allylic oxidation sites excluding steroid dienone is 14. The summed E-state index contributed by atoms with van der Waals surface area (Å²) < 4.78 is 17.2. The maximum absolute atomic E-state index is 12.7. The van der Waals surface area contributed by atoms with E-state index in [1.54, 1.807) is 0 Å². The molecule has 0 heterocycles. The van der Waals surface area contributed by atoms with Gasteiger partial charge in [0.15, 0.2) is 12.1 Å². The summed E-state index contributed by atoms with van der Waals surface area (Å²) >= 11 is 0. The fourth-order valence-corrected chi connectivity index (χ4v) is 5.85. The van der Waals surface area contributed by atoms with Gasteiger partial charge in [-0.05, 0) is 89.9 Å². The molecule has 0 aliphatic heterocycles. The Morgan fingerprint density at radius 2 is 0.982 bits per heavy atom. The predicted octanol–water partition coefficient (Wildman–Crippen LogP) is 12.1. The Hall–Kier alpha value is -3.49. The first-order valence-corrected chi connectivity index (χ1v) is 22.1. The van der Waals surface area contributed by atoms with Crippen molar-refractivity contribution < 1.29 is 38.2 Å². The number of rotatable bonds is 38. The highest BCUT2D eigenvalue weighted by atomic mass is 16.6. The number of hydrogen-bond acceptors (Lipinski definition) is 6.